The molecule has 1 aromatic rings. The van der Waals surface area contributed by atoms with Crippen LogP contribution in [0.25, 0.3) is 0 Å². The molecule has 1 saturated heterocycles. The summed E-state index contributed by atoms with van der Waals surface area (Å²) in [5.74, 6) is -1.49. The molecule has 9 heteroatoms. The number of morpholine rings is 1. The minimum Gasteiger partial charge on any atom is -0.466 e. The molecule has 25 heavy (non-hydrogen) atoms. The zero-order valence-electron chi connectivity index (χ0n) is 14.4. The SMILES string of the molecule is COC(=O)[C@H](C)OC(=O)c1ccc(C)c(S(=O)(=O)N2CCOCC2)c1. The molecule has 1 heterocycles. The molecule has 0 amide bonds. The van der Waals surface area contributed by atoms with E-state index < -0.39 is 28.1 Å². The van der Waals surface area contributed by atoms with Gasteiger partial charge in [0.25, 0.3) is 0 Å². The lowest BCUT2D eigenvalue weighted by Gasteiger charge is -2.26. The van der Waals surface area contributed by atoms with E-state index in [0.29, 0.717) is 18.8 Å². The first-order chi connectivity index (χ1) is 11.8. The number of aryl methyl sites for hydroxylation is 1. The van der Waals surface area contributed by atoms with Gasteiger partial charge < -0.3 is 14.2 Å². The van der Waals surface area contributed by atoms with Crippen LogP contribution in [0, 0.1) is 6.92 Å². The van der Waals surface area contributed by atoms with Crippen LogP contribution < -0.4 is 0 Å². The summed E-state index contributed by atoms with van der Waals surface area (Å²) in [5, 5.41) is 0. The second-order valence-corrected chi connectivity index (χ2v) is 7.47. The maximum absolute atomic E-state index is 12.8. The largest absolute Gasteiger partial charge is 0.466 e. The first-order valence-corrected chi connectivity index (χ1v) is 9.18. The summed E-state index contributed by atoms with van der Waals surface area (Å²) < 4.78 is 41.6. The Hall–Kier alpha value is -1.97. The van der Waals surface area contributed by atoms with Gasteiger partial charge in [0.2, 0.25) is 10.0 Å². The van der Waals surface area contributed by atoms with E-state index in [9.17, 15) is 18.0 Å². The van der Waals surface area contributed by atoms with Crippen LogP contribution in [0.4, 0.5) is 0 Å². The van der Waals surface area contributed by atoms with Gasteiger partial charge in [-0.15, -0.1) is 0 Å². The van der Waals surface area contributed by atoms with Crippen LogP contribution in [0.5, 0.6) is 0 Å². The maximum atomic E-state index is 12.8. The first kappa shape index (κ1) is 19.4. The first-order valence-electron chi connectivity index (χ1n) is 7.74. The molecule has 0 bridgehead atoms. The fraction of sp³-hybridized carbons (Fsp3) is 0.500. The van der Waals surface area contributed by atoms with Gasteiger partial charge in [0, 0.05) is 13.1 Å². The number of esters is 2. The normalized spacial score (nSPS) is 16.9. The number of benzene rings is 1. The van der Waals surface area contributed by atoms with E-state index in [1.54, 1.807) is 6.92 Å². The van der Waals surface area contributed by atoms with E-state index in [2.05, 4.69) is 4.74 Å². The Kier molecular flexibility index (Phi) is 6.15. The minimum atomic E-state index is -3.74. The smallest absolute Gasteiger partial charge is 0.346 e. The van der Waals surface area contributed by atoms with Crippen molar-refractivity contribution >= 4 is 22.0 Å². The van der Waals surface area contributed by atoms with Crippen molar-refractivity contribution in [2.24, 2.45) is 0 Å². The summed E-state index contributed by atoms with van der Waals surface area (Å²) in [7, 11) is -2.56. The third-order valence-electron chi connectivity index (χ3n) is 3.83. The number of hydrogen-bond acceptors (Lipinski definition) is 7. The van der Waals surface area contributed by atoms with Gasteiger partial charge in [0.05, 0.1) is 30.8 Å². The third-order valence-corrected chi connectivity index (χ3v) is 5.87. The monoisotopic (exact) mass is 371 g/mol. The van der Waals surface area contributed by atoms with Crippen molar-refractivity contribution in [3.63, 3.8) is 0 Å². The maximum Gasteiger partial charge on any atom is 0.346 e. The second-order valence-electron chi connectivity index (χ2n) is 5.57. The zero-order chi connectivity index (χ0) is 18.6. The molecule has 1 aromatic carbocycles. The van der Waals surface area contributed by atoms with Gasteiger partial charge in [0.1, 0.15) is 0 Å². The summed E-state index contributed by atoms with van der Waals surface area (Å²) in [6.07, 6.45) is -1.09. The van der Waals surface area contributed by atoms with Crippen LogP contribution >= 0.6 is 0 Å². The molecule has 0 N–H and O–H groups in total. The lowest BCUT2D eigenvalue weighted by molar-refractivity contribution is -0.149. The number of nitrogens with zero attached hydrogens (tertiary/aromatic N) is 1. The molecule has 8 nitrogen and oxygen atoms in total. The van der Waals surface area contributed by atoms with Crippen LogP contribution in [0.2, 0.25) is 0 Å². The Bertz CT molecular complexity index is 754. The molecule has 1 fully saturated rings. The van der Waals surface area contributed by atoms with Gasteiger partial charge >= 0.3 is 11.9 Å². The highest BCUT2D eigenvalue weighted by atomic mass is 32.2. The predicted molar refractivity (Wildman–Crippen MR) is 87.7 cm³/mol. The summed E-state index contributed by atoms with van der Waals surface area (Å²) in [6, 6.07) is 4.26. The molecule has 0 aliphatic carbocycles. The molecule has 138 valence electrons. The van der Waals surface area contributed by atoms with Crippen LogP contribution in [-0.2, 0) is 29.0 Å². The van der Waals surface area contributed by atoms with Gasteiger partial charge in [-0.05, 0) is 31.5 Å². The molecule has 1 aliphatic rings. The molecular formula is C16H21NO7S. The van der Waals surface area contributed by atoms with E-state index in [1.807, 2.05) is 0 Å². The van der Waals surface area contributed by atoms with Crippen LogP contribution in [0.1, 0.15) is 22.8 Å². The number of carbonyl (C=O) groups is 2. The van der Waals surface area contributed by atoms with Crippen LogP contribution in [0.15, 0.2) is 23.1 Å². The summed E-state index contributed by atoms with van der Waals surface area (Å²) in [4.78, 5) is 23.6. The minimum absolute atomic E-state index is 0.0366. The van der Waals surface area contributed by atoms with E-state index in [0.717, 1.165) is 0 Å². The van der Waals surface area contributed by atoms with Crippen molar-refractivity contribution in [1.29, 1.82) is 0 Å². The highest BCUT2D eigenvalue weighted by molar-refractivity contribution is 7.89. The Labute approximate surface area is 146 Å². The van der Waals surface area contributed by atoms with E-state index in [4.69, 9.17) is 9.47 Å². The molecule has 2 rings (SSSR count). The van der Waals surface area contributed by atoms with Crippen molar-refractivity contribution in [1.82, 2.24) is 4.31 Å². The number of hydrogen-bond donors (Lipinski definition) is 0. The number of carbonyl (C=O) groups excluding carboxylic acids is 2. The standard InChI is InChI=1S/C16H21NO7S/c1-11-4-5-13(16(19)24-12(2)15(18)22-3)10-14(11)25(20,21)17-6-8-23-9-7-17/h4-5,10,12H,6-9H2,1-3H3/t12-/m0/s1. The average Bonchev–Trinajstić information content (AvgIpc) is 2.61. The molecule has 1 atom stereocenters. The van der Waals surface area contributed by atoms with Crippen molar-refractivity contribution in [3.8, 4) is 0 Å². The Morgan fingerprint density at radius 2 is 1.88 bits per heavy atom. The zero-order valence-corrected chi connectivity index (χ0v) is 15.2. The number of methoxy groups -OCH3 is 1. The molecule has 1 aliphatic heterocycles. The Morgan fingerprint density at radius 3 is 2.48 bits per heavy atom. The molecule has 0 saturated carbocycles. The summed E-state index contributed by atoms with van der Waals surface area (Å²) in [6.45, 7) is 4.21. The number of rotatable bonds is 5. The van der Waals surface area contributed by atoms with Gasteiger partial charge in [-0.2, -0.15) is 4.31 Å². The fourth-order valence-electron chi connectivity index (χ4n) is 2.37. The van der Waals surface area contributed by atoms with E-state index in [1.165, 1.54) is 36.5 Å². The van der Waals surface area contributed by atoms with E-state index in [-0.39, 0.29) is 23.5 Å². The van der Waals surface area contributed by atoms with Gasteiger partial charge in [-0.25, -0.2) is 18.0 Å². The van der Waals surface area contributed by atoms with Gasteiger partial charge in [0.15, 0.2) is 6.10 Å². The molecule has 0 aromatic heterocycles. The van der Waals surface area contributed by atoms with Crippen LogP contribution in [0.3, 0.4) is 0 Å². The third kappa shape index (κ3) is 4.36. The van der Waals surface area contributed by atoms with Crippen molar-refractivity contribution in [2.45, 2.75) is 24.8 Å². The summed E-state index contributed by atoms with van der Waals surface area (Å²) >= 11 is 0. The predicted octanol–water partition coefficient (Wildman–Crippen LogP) is 0.734. The molecule has 0 spiro atoms. The molecule has 0 radical (unpaired) electrons. The van der Waals surface area contributed by atoms with Crippen molar-refractivity contribution in [2.75, 3.05) is 33.4 Å². The lowest BCUT2D eigenvalue weighted by Crippen LogP contribution is -2.40. The highest BCUT2D eigenvalue weighted by Gasteiger charge is 2.29. The summed E-state index contributed by atoms with van der Waals surface area (Å²) in [5.41, 5.74) is 0.567. The topological polar surface area (TPSA) is 99.2 Å². The average molecular weight is 371 g/mol. The van der Waals surface area contributed by atoms with Crippen molar-refractivity contribution < 1.29 is 32.2 Å². The van der Waals surface area contributed by atoms with Crippen molar-refractivity contribution in [3.05, 3.63) is 29.3 Å². The van der Waals surface area contributed by atoms with E-state index >= 15 is 0 Å². The van der Waals surface area contributed by atoms with Crippen LogP contribution in [-0.4, -0.2) is 64.2 Å². The number of ether oxygens (including phenoxy) is 3. The second kappa shape index (κ2) is 7.94. The Balaban J connectivity index is 2.28. The fourth-order valence-corrected chi connectivity index (χ4v) is 4.03. The van der Waals surface area contributed by atoms with Gasteiger partial charge in [-0.3, -0.25) is 0 Å². The quantitative estimate of drug-likeness (QED) is 0.704. The lowest BCUT2D eigenvalue weighted by atomic mass is 10.1. The molecule has 0 unspecified atom stereocenters. The Morgan fingerprint density at radius 1 is 1.24 bits per heavy atom. The number of sulfonamides is 1. The molecular weight excluding hydrogens is 350 g/mol. The highest BCUT2D eigenvalue weighted by Crippen LogP contribution is 2.23. The van der Waals surface area contributed by atoms with Gasteiger partial charge in [-0.1, -0.05) is 6.07 Å².